The molecule has 4 aromatic rings. The standard InChI is InChI=1S/C36H37BrF2N8O5/c1-20(48)31-25-13-22(24-15-40-21(2)41-16-24)5-7-26(25)46(45-31)17-30(49)47-27-14-35(11-9-28(35)47)19-42-34(51)36(38,39)10-3-4-12-52-18-23-6-8-29(37)43-32(23)44-33(27)50/h5-8,13,15-16,27-28H,3-4,9-12,14,17-19H2,1-2H3,(H,42,51)(H,43,44,50)/t27-,28+,35+/m0/s1. The smallest absolute Gasteiger partial charge is 0.324 e. The number of hydrogen-bond acceptors (Lipinski definition) is 9. The molecular weight excluding hydrogens is 742 g/mol. The van der Waals surface area contributed by atoms with Gasteiger partial charge in [0.2, 0.25) is 11.8 Å². The molecule has 0 unspecified atom stereocenters. The molecule has 2 N–H and O–H groups in total. The Hall–Kier alpha value is -4.70. The number of rotatable bonds is 4. The molecule has 52 heavy (non-hydrogen) atoms. The molecule has 3 aromatic heterocycles. The zero-order valence-corrected chi connectivity index (χ0v) is 30.2. The van der Waals surface area contributed by atoms with Gasteiger partial charge in [-0.1, -0.05) is 12.1 Å². The van der Waals surface area contributed by atoms with E-state index in [1.807, 2.05) is 6.07 Å². The number of anilines is 1. The van der Waals surface area contributed by atoms with Crippen LogP contribution < -0.4 is 10.6 Å². The lowest BCUT2D eigenvalue weighted by Gasteiger charge is -2.47. The SMILES string of the molecule is CC(=O)c1nn(CC(=O)N2[C@H]3C[C@]4(CC[C@@H]24)CNC(=O)C(F)(F)CCCCOCc2ccc(Br)nc2NC3=O)c2ccc(-c3cnc(C)nc3)cc12. The summed E-state index contributed by atoms with van der Waals surface area (Å²) >= 11 is 3.36. The predicted octanol–water partition coefficient (Wildman–Crippen LogP) is 5.00. The Morgan fingerprint density at radius 3 is 2.60 bits per heavy atom. The van der Waals surface area contributed by atoms with Crippen molar-refractivity contribution in [2.45, 2.75) is 83.5 Å². The van der Waals surface area contributed by atoms with E-state index in [0.29, 0.717) is 46.2 Å². The van der Waals surface area contributed by atoms with Crippen molar-refractivity contribution in [1.29, 1.82) is 0 Å². The summed E-state index contributed by atoms with van der Waals surface area (Å²) in [6.07, 6.45) is 4.32. The van der Waals surface area contributed by atoms with Gasteiger partial charge in [-0.05, 0) is 78.7 Å². The Labute approximate surface area is 306 Å². The lowest BCUT2D eigenvalue weighted by atomic mass is 9.64. The van der Waals surface area contributed by atoms with Crippen LogP contribution in [0.2, 0.25) is 0 Å². The number of fused-ring (bicyclic) bond motifs is 3. The van der Waals surface area contributed by atoms with Crippen molar-refractivity contribution in [3.05, 3.63) is 64.4 Å². The number of hydrogen-bond donors (Lipinski definition) is 2. The number of pyridine rings is 1. The van der Waals surface area contributed by atoms with Gasteiger partial charge in [-0.2, -0.15) is 13.9 Å². The maximum Gasteiger partial charge on any atom is 0.324 e. The Morgan fingerprint density at radius 1 is 1.08 bits per heavy atom. The van der Waals surface area contributed by atoms with Crippen LogP contribution in [0.4, 0.5) is 14.6 Å². The molecule has 2 fully saturated rings. The van der Waals surface area contributed by atoms with Crippen molar-refractivity contribution < 1.29 is 32.7 Å². The molecule has 3 aliphatic rings. The molecular formula is C36H37BrF2N8O5. The fraction of sp³-hybridized carbons (Fsp3) is 0.444. The molecule has 272 valence electrons. The number of ether oxygens (including phenoxy) is 1. The van der Waals surface area contributed by atoms with Gasteiger partial charge < -0.3 is 20.3 Å². The number of nitrogens with one attached hydrogen (secondary N) is 2. The number of aromatic nitrogens is 5. The van der Waals surface area contributed by atoms with Gasteiger partial charge in [0.25, 0.3) is 5.91 Å². The van der Waals surface area contributed by atoms with Crippen molar-refractivity contribution in [1.82, 2.24) is 34.9 Å². The van der Waals surface area contributed by atoms with E-state index in [9.17, 15) is 28.0 Å². The zero-order chi connectivity index (χ0) is 36.8. The van der Waals surface area contributed by atoms with Crippen LogP contribution in [-0.2, 0) is 32.3 Å². The lowest BCUT2D eigenvalue weighted by molar-refractivity contribution is -0.148. The molecule has 0 radical (unpaired) electrons. The second kappa shape index (κ2) is 14.0. The van der Waals surface area contributed by atoms with Gasteiger partial charge >= 0.3 is 5.92 Å². The predicted molar refractivity (Wildman–Crippen MR) is 188 cm³/mol. The van der Waals surface area contributed by atoms with E-state index in [1.165, 1.54) is 16.5 Å². The van der Waals surface area contributed by atoms with Gasteiger partial charge in [0.15, 0.2) is 5.78 Å². The van der Waals surface area contributed by atoms with Crippen LogP contribution in [0.5, 0.6) is 0 Å². The summed E-state index contributed by atoms with van der Waals surface area (Å²) in [6.45, 7) is 3.00. The topological polar surface area (TPSA) is 161 Å². The first kappa shape index (κ1) is 35.7. The van der Waals surface area contributed by atoms with Crippen LogP contribution in [0, 0.1) is 12.3 Å². The van der Waals surface area contributed by atoms with Gasteiger partial charge in [-0.25, -0.2) is 15.0 Å². The van der Waals surface area contributed by atoms with Gasteiger partial charge in [-0.15, -0.1) is 0 Å². The van der Waals surface area contributed by atoms with Crippen molar-refractivity contribution >= 4 is 56.2 Å². The summed E-state index contributed by atoms with van der Waals surface area (Å²) in [6, 6.07) is 7.33. The summed E-state index contributed by atoms with van der Waals surface area (Å²) in [5.74, 6) is -5.33. The third kappa shape index (κ3) is 6.80. The molecule has 1 saturated heterocycles. The number of carbonyl (C=O) groups excluding carboxylic acids is 4. The number of likely N-dealkylation sites (tertiary alicyclic amines) is 1. The highest BCUT2D eigenvalue weighted by Gasteiger charge is 2.61. The van der Waals surface area contributed by atoms with Crippen molar-refractivity contribution in [3.63, 3.8) is 0 Å². The van der Waals surface area contributed by atoms with Crippen LogP contribution in [0.1, 0.15) is 67.3 Å². The van der Waals surface area contributed by atoms with Crippen LogP contribution in [0.15, 0.2) is 47.3 Å². The number of aryl methyl sites for hydroxylation is 1. The van der Waals surface area contributed by atoms with Gasteiger partial charge in [0.05, 0.1) is 12.1 Å². The summed E-state index contributed by atoms with van der Waals surface area (Å²) in [5.41, 5.74) is 2.01. The largest absolute Gasteiger partial charge is 0.377 e. The Bertz CT molecular complexity index is 2080. The summed E-state index contributed by atoms with van der Waals surface area (Å²) in [5, 5.41) is 10.4. The normalized spacial score (nSPS) is 23.5. The Balaban J connectivity index is 1.22. The third-order valence-electron chi connectivity index (χ3n) is 10.4. The molecule has 3 atom stereocenters. The number of halogens is 3. The second-order valence-corrected chi connectivity index (χ2v) is 14.6. The van der Waals surface area contributed by atoms with E-state index >= 15 is 0 Å². The maximum absolute atomic E-state index is 14.9. The molecule has 16 heteroatoms. The van der Waals surface area contributed by atoms with Gasteiger partial charge in [0.1, 0.15) is 34.5 Å². The number of carbonyl (C=O) groups is 4. The molecule has 2 bridgehead atoms. The molecule has 7 rings (SSSR count). The minimum atomic E-state index is -3.58. The number of alkyl halides is 2. The van der Waals surface area contributed by atoms with E-state index in [2.05, 4.69) is 46.6 Å². The van der Waals surface area contributed by atoms with E-state index in [-0.39, 0.29) is 56.4 Å². The fourth-order valence-corrected chi connectivity index (χ4v) is 7.82. The average molecular weight is 780 g/mol. The van der Waals surface area contributed by atoms with Crippen LogP contribution in [0.25, 0.3) is 22.0 Å². The maximum atomic E-state index is 14.9. The van der Waals surface area contributed by atoms with E-state index in [1.54, 1.807) is 43.6 Å². The quantitative estimate of drug-likeness (QED) is 0.215. The summed E-state index contributed by atoms with van der Waals surface area (Å²) in [7, 11) is 0. The number of benzene rings is 1. The fourth-order valence-electron chi connectivity index (χ4n) is 7.51. The lowest BCUT2D eigenvalue weighted by Crippen LogP contribution is -2.57. The van der Waals surface area contributed by atoms with Crippen LogP contribution >= 0.6 is 15.9 Å². The monoisotopic (exact) mass is 778 g/mol. The van der Waals surface area contributed by atoms with Crippen molar-refractivity contribution in [2.24, 2.45) is 5.41 Å². The zero-order valence-electron chi connectivity index (χ0n) is 28.6. The molecule has 5 heterocycles. The van der Waals surface area contributed by atoms with Gasteiger partial charge in [-0.3, -0.25) is 23.9 Å². The van der Waals surface area contributed by atoms with Crippen molar-refractivity contribution in [2.75, 3.05) is 18.5 Å². The highest BCUT2D eigenvalue weighted by Crippen LogP contribution is 2.54. The molecule has 1 aliphatic carbocycles. The number of amides is 3. The van der Waals surface area contributed by atoms with Gasteiger partial charge in [0, 0.05) is 66.9 Å². The van der Waals surface area contributed by atoms with E-state index in [4.69, 9.17) is 4.74 Å². The second-order valence-electron chi connectivity index (χ2n) is 13.8. The first-order valence-corrected chi connectivity index (χ1v) is 18.0. The molecule has 1 spiro atoms. The highest BCUT2D eigenvalue weighted by molar-refractivity contribution is 9.10. The van der Waals surface area contributed by atoms with Crippen molar-refractivity contribution in [3.8, 4) is 11.1 Å². The highest BCUT2D eigenvalue weighted by atomic mass is 79.9. The molecule has 1 saturated carbocycles. The number of Topliss-reactive ketones (excluding diaryl/α,β-unsaturated/α-hetero) is 1. The molecule has 13 nitrogen and oxygen atoms in total. The van der Waals surface area contributed by atoms with Crippen LogP contribution in [0.3, 0.4) is 0 Å². The summed E-state index contributed by atoms with van der Waals surface area (Å²) < 4.78 is 37.4. The van der Waals surface area contributed by atoms with E-state index < -0.39 is 47.6 Å². The number of ketones is 1. The molecule has 1 aromatic carbocycles. The third-order valence-corrected chi connectivity index (χ3v) is 10.8. The summed E-state index contributed by atoms with van der Waals surface area (Å²) in [4.78, 5) is 68.5. The Kier molecular flexibility index (Phi) is 9.63. The van der Waals surface area contributed by atoms with Crippen LogP contribution in [-0.4, -0.2) is 84.3 Å². The molecule has 2 aliphatic heterocycles. The number of nitrogens with zero attached hydrogens (tertiary/aromatic N) is 6. The first-order chi connectivity index (χ1) is 24.8. The minimum Gasteiger partial charge on any atom is -0.377 e. The first-order valence-electron chi connectivity index (χ1n) is 17.2. The van der Waals surface area contributed by atoms with E-state index in [0.717, 1.165) is 11.1 Å². The minimum absolute atomic E-state index is 0.0656. The molecule has 3 amide bonds. The Morgan fingerprint density at radius 2 is 1.87 bits per heavy atom. The average Bonchev–Trinajstić information content (AvgIpc) is 3.57.